The zero-order valence-electron chi connectivity index (χ0n) is 12.4. The Morgan fingerprint density at radius 1 is 1.15 bits per heavy atom. The Morgan fingerprint density at radius 2 is 1.75 bits per heavy atom. The van der Waals surface area contributed by atoms with Gasteiger partial charge in [-0.3, -0.25) is 0 Å². The first-order valence-corrected chi connectivity index (χ1v) is 7.28. The number of nitrogens with two attached hydrogens (primary N) is 1. The standard InChI is InChI=1S/C16H24N4/c1-3-19(4-2)16(17)18-13-14-7-9-15(10-8-14)20-11-5-6-12-20/h5-10H,3-4,11-13H2,1-2H3,(H2,17,18). The number of aliphatic imine (C=N–C) groups is 1. The lowest BCUT2D eigenvalue weighted by Crippen LogP contribution is -2.37. The molecule has 0 aromatic heterocycles. The summed E-state index contributed by atoms with van der Waals surface area (Å²) < 4.78 is 0. The van der Waals surface area contributed by atoms with Gasteiger partial charge in [-0.25, -0.2) is 4.99 Å². The lowest BCUT2D eigenvalue weighted by Gasteiger charge is -2.19. The largest absolute Gasteiger partial charge is 0.370 e. The number of hydrogen-bond acceptors (Lipinski definition) is 2. The van der Waals surface area contributed by atoms with E-state index in [1.54, 1.807) is 0 Å². The van der Waals surface area contributed by atoms with Gasteiger partial charge in [-0.2, -0.15) is 0 Å². The summed E-state index contributed by atoms with van der Waals surface area (Å²) in [4.78, 5) is 8.85. The van der Waals surface area contributed by atoms with Gasteiger partial charge in [-0.1, -0.05) is 24.3 Å². The quantitative estimate of drug-likeness (QED) is 0.508. The van der Waals surface area contributed by atoms with Crippen LogP contribution in [0, 0.1) is 0 Å². The summed E-state index contributed by atoms with van der Waals surface area (Å²) in [5.74, 6) is 0.628. The van der Waals surface area contributed by atoms with Crippen LogP contribution >= 0.6 is 0 Å². The van der Waals surface area contributed by atoms with Crippen molar-refractivity contribution in [3.63, 3.8) is 0 Å². The first-order valence-electron chi connectivity index (χ1n) is 7.28. The summed E-state index contributed by atoms with van der Waals surface area (Å²) in [5.41, 5.74) is 8.43. The molecule has 1 heterocycles. The summed E-state index contributed by atoms with van der Waals surface area (Å²) in [7, 11) is 0. The maximum absolute atomic E-state index is 5.98. The maximum atomic E-state index is 5.98. The van der Waals surface area contributed by atoms with Gasteiger partial charge in [-0.15, -0.1) is 0 Å². The van der Waals surface area contributed by atoms with Gasteiger partial charge in [0.15, 0.2) is 5.96 Å². The lowest BCUT2D eigenvalue weighted by atomic mass is 10.2. The van der Waals surface area contributed by atoms with E-state index in [4.69, 9.17) is 5.73 Å². The van der Waals surface area contributed by atoms with Gasteiger partial charge in [0, 0.05) is 31.9 Å². The van der Waals surface area contributed by atoms with Crippen LogP contribution in [0.2, 0.25) is 0 Å². The van der Waals surface area contributed by atoms with Crippen LogP contribution in [-0.4, -0.2) is 37.0 Å². The van der Waals surface area contributed by atoms with Crippen LogP contribution in [0.25, 0.3) is 0 Å². The van der Waals surface area contributed by atoms with Crippen LogP contribution in [0.15, 0.2) is 41.4 Å². The molecule has 0 fully saturated rings. The maximum Gasteiger partial charge on any atom is 0.191 e. The normalized spacial score (nSPS) is 14.9. The minimum Gasteiger partial charge on any atom is -0.370 e. The smallest absolute Gasteiger partial charge is 0.191 e. The molecule has 4 nitrogen and oxygen atoms in total. The molecule has 0 spiro atoms. The van der Waals surface area contributed by atoms with Gasteiger partial charge < -0.3 is 15.5 Å². The topological polar surface area (TPSA) is 44.9 Å². The fourth-order valence-corrected chi connectivity index (χ4v) is 2.32. The van der Waals surface area contributed by atoms with Crippen molar-refractivity contribution in [2.45, 2.75) is 20.4 Å². The van der Waals surface area contributed by atoms with Gasteiger partial charge in [0.1, 0.15) is 0 Å². The summed E-state index contributed by atoms with van der Waals surface area (Å²) in [6, 6.07) is 8.58. The Kier molecular flexibility index (Phi) is 5.04. The van der Waals surface area contributed by atoms with Crippen molar-refractivity contribution in [2.24, 2.45) is 10.7 Å². The number of hydrogen-bond donors (Lipinski definition) is 1. The van der Waals surface area contributed by atoms with E-state index in [0.29, 0.717) is 12.5 Å². The second-order valence-electron chi connectivity index (χ2n) is 4.89. The molecule has 0 amide bonds. The van der Waals surface area contributed by atoms with E-state index in [2.05, 4.69) is 65.1 Å². The number of nitrogens with zero attached hydrogens (tertiary/aromatic N) is 3. The highest BCUT2D eigenvalue weighted by Gasteiger charge is 2.07. The molecule has 0 radical (unpaired) electrons. The molecular formula is C16H24N4. The van der Waals surface area contributed by atoms with E-state index in [0.717, 1.165) is 26.2 Å². The average Bonchev–Trinajstić information content (AvgIpc) is 3.01. The lowest BCUT2D eigenvalue weighted by molar-refractivity contribution is 0.458. The Hall–Kier alpha value is -1.97. The van der Waals surface area contributed by atoms with Crippen molar-refractivity contribution in [1.82, 2.24) is 4.90 Å². The van der Waals surface area contributed by atoms with Crippen molar-refractivity contribution in [1.29, 1.82) is 0 Å². The molecular weight excluding hydrogens is 248 g/mol. The third kappa shape index (κ3) is 3.53. The molecule has 2 rings (SSSR count). The molecule has 2 N–H and O–H groups in total. The summed E-state index contributed by atoms with van der Waals surface area (Å²) >= 11 is 0. The molecule has 4 heteroatoms. The van der Waals surface area contributed by atoms with Crippen LogP contribution in [0.3, 0.4) is 0 Å². The van der Waals surface area contributed by atoms with E-state index >= 15 is 0 Å². The first-order chi connectivity index (χ1) is 9.74. The molecule has 0 saturated carbocycles. The van der Waals surface area contributed by atoms with E-state index in [1.807, 2.05) is 0 Å². The summed E-state index contributed by atoms with van der Waals surface area (Å²) in [6.07, 6.45) is 4.39. The number of anilines is 1. The average molecular weight is 272 g/mol. The molecule has 0 aliphatic carbocycles. The Morgan fingerprint density at radius 3 is 2.30 bits per heavy atom. The SMILES string of the molecule is CCN(CC)C(N)=NCc1ccc(N2CC=CC2)cc1. The third-order valence-corrected chi connectivity index (χ3v) is 3.63. The predicted octanol–water partition coefficient (Wildman–Crippen LogP) is 2.22. The molecule has 1 aromatic rings. The third-order valence-electron chi connectivity index (χ3n) is 3.63. The monoisotopic (exact) mass is 272 g/mol. The summed E-state index contributed by atoms with van der Waals surface area (Å²) in [5, 5.41) is 0. The minimum atomic E-state index is 0.628. The molecule has 0 unspecified atom stereocenters. The minimum absolute atomic E-state index is 0.628. The Balaban J connectivity index is 1.95. The molecule has 1 aliphatic rings. The molecule has 0 saturated heterocycles. The zero-order chi connectivity index (χ0) is 14.4. The highest BCUT2D eigenvalue weighted by molar-refractivity contribution is 5.78. The number of benzene rings is 1. The Labute approximate surface area is 121 Å². The van der Waals surface area contributed by atoms with Crippen molar-refractivity contribution in [3.05, 3.63) is 42.0 Å². The van der Waals surface area contributed by atoms with Crippen molar-refractivity contribution in [3.8, 4) is 0 Å². The fraction of sp³-hybridized carbons (Fsp3) is 0.438. The van der Waals surface area contributed by atoms with Crippen molar-refractivity contribution in [2.75, 3.05) is 31.1 Å². The molecule has 1 aromatic carbocycles. The second-order valence-corrected chi connectivity index (χ2v) is 4.89. The first kappa shape index (κ1) is 14.4. The number of guanidine groups is 1. The molecule has 20 heavy (non-hydrogen) atoms. The van der Waals surface area contributed by atoms with E-state index in [1.165, 1.54) is 11.3 Å². The van der Waals surface area contributed by atoms with Gasteiger partial charge >= 0.3 is 0 Å². The van der Waals surface area contributed by atoms with Gasteiger partial charge in [0.25, 0.3) is 0 Å². The molecule has 1 aliphatic heterocycles. The Bertz CT molecular complexity index is 464. The molecule has 108 valence electrons. The van der Waals surface area contributed by atoms with Crippen molar-refractivity contribution >= 4 is 11.6 Å². The number of rotatable bonds is 5. The van der Waals surface area contributed by atoms with Gasteiger partial charge in [0.05, 0.1) is 6.54 Å². The highest BCUT2D eigenvalue weighted by atomic mass is 15.2. The van der Waals surface area contributed by atoms with E-state index in [-0.39, 0.29) is 0 Å². The van der Waals surface area contributed by atoms with Crippen LogP contribution in [0.5, 0.6) is 0 Å². The zero-order valence-corrected chi connectivity index (χ0v) is 12.4. The van der Waals surface area contributed by atoms with Gasteiger partial charge in [0.2, 0.25) is 0 Å². The van der Waals surface area contributed by atoms with Crippen LogP contribution in [-0.2, 0) is 6.54 Å². The van der Waals surface area contributed by atoms with E-state index in [9.17, 15) is 0 Å². The second kappa shape index (κ2) is 6.98. The fourth-order valence-electron chi connectivity index (χ4n) is 2.32. The van der Waals surface area contributed by atoms with Gasteiger partial charge in [-0.05, 0) is 31.5 Å². The van der Waals surface area contributed by atoms with Crippen LogP contribution < -0.4 is 10.6 Å². The molecule has 0 atom stereocenters. The van der Waals surface area contributed by atoms with Crippen LogP contribution in [0.1, 0.15) is 19.4 Å². The van der Waals surface area contributed by atoms with E-state index < -0.39 is 0 Å². The molecule has 0 bridgehead atoms. The summed E-state index contributed by atoms with van der Waals surface area (Å²) in [6.45, 7) is 8.62. The predicted molar refractivity (Wildman–Crippen MR) is 86.0 cm³/mol. The van der Waals surface area contributed by atoms with Crippen molar-refractivity contribution < 1.29 is 0 Å². The highest BCUT2D eigenvalue weighted by Crippen LogP contribution is 2.17. The van der Waals surface area contributed by atoms with Crippen LogP contribution in [0.4, 0.5) is 5.69 Å².